The highest BCUT2D eigenvalue weighted by Gasteiger charge is 2.40. The van der Waals surface area contributed by atoms with Crippen molar-refractivity contribution in [1.29, 1.82) is 0 Å². The second kappa shape index (κ2) is 7.24. The van der Waals surface area contributed by atoms with E-state index in [1.165, 1.54) is 30.5 Å². The summed E-state index contributed by atoms with van der Waals surface area (Å²) in [6.07, 6.45) is 3.51. The minimum Gasteiger partial charge on any atom is -0.334 e. The summed E-state index contributed by atoms with van der Waals surface area (Å²) in [5, 5.41) is 0. The van der Waals surface area contributed by atoms with Gasteiger partial charge in [0.05, 0.1) is 0 Å². The minimum atomic E-state index is 0.162. The van der Waals surface area contributed by atoms with Crippen molar-refractivity contribution >= 4 is 5.91 Å². The molecule has 4 rings (SSSR count). The Morgan fingerprint density at radius 2 is 1.73 bits per heavy atom. The number of carbonyl (C=O) groups excluding carboxylic acids is 1. The Morgan fingerprint density at radius 3 is 2.50 bits per heavy atom. The lowest BCUT2D eigenvalue weighted by Gasteiger charge is -2.44. The fourth-order valence-corrected chi connectivity index (χ4v) is 4.77. The fraction of sp³-hybridized carbons (Fsp3) is 0.435. The molecular weight excluding hydrogens is 320 g/mol. The average Bonchev–Trinajstić information content (AvgIpc) is 2.84. The molecule has 1 amide bonds. The molecule has 2 heterocycles. The molecule has 3 heteroatoms. The van der Waals surface area contributed by atoms with Gasteiger partial charge in [0, 0.05) is 30.6 Å². The van der Waals surface area contributed by atoms with E-state index in [0.717, 1.165) is 38.2 Å². The van der Waals surface area contributed by atoms with Crippen LogP contribution in [0.4, 0.5) is 0 Å². The summed E-state index contributed by atoms with van der Waals surface area (Å²) in [6, 6.07) is 18.4. The number of benzene rings is 2. The van der Waals surface area contributed by atoms with Crippen LogP contribution in [0.2, 0.25) is 0 Å². The molecule has 0 saturated carbocycles. The van der Waals surface area contributed by atoms with Gasteiger partial charge in [0.1, 0.15) is 0 Å². The Balaban J connectivity index is 1.70. The van der Waals surface area contributed by atoms with E-state index in [4.69, 9.17) is 0 Å². The number of nitrogens with zero attached hydrogens (tertiary/aromatic N) is 2. The molecule has 0 aromatic heterocycles. The summed E-state index contributed by atoms with van der Waals surface area (Å²) in [5.74, 6) is 0.162. The summed E-state index contributed by atoms with van der Waals surface area (Å²) < 4.78 is 0. The molecule has 1 saturated heterocycles. The average molecular weight is 348 g/mol. The summed E-state index contributed by atoms with van der Waals surface area (Å²) >= 11 is 0. The van der Waals surface area contributed by atoms with Gasteiger partial charge in [-0.15, -0.1) is 0 Å². The van der Waals surface area contributed by atoms with E-state index in [2.05, 4.69) is 41.0 Å². The maximum absolute atomic E-state index is 13.3. The quantitative estimate of drug-likeness (QED) is 0.819. The number of hydrogen-bond acceptors (Lipinski definition) is 2. The molecule has 1 unspecified atom stereocenters. The van der Waals surface area contributed by atoms with Crippen LogP contribution >= 0.6 is 0 Å². The SMILES string of the molecule is CCN1CCCC2(Cc3ccccc3CN(C(=O)c3ccccc3)C2)C1. The monoisotopic (exact) mass is 348 g/mol. The van der Waals surface area contributed by atoms with Crippen molar-refractivity contribution in [2.75, 3.05) is 26.2 Å². The minimum absolute atomic E-state index is 0.162. The first-order valence-electron chi connectivity index (χ1n) is 9.83. The van der Waals surface area contributed by atoms with Crippen LogP contribution in [0.1, 0.15) is 41.3 Å². The topological polar surface area (TPSA) is 23.6 Å². The van der Waals surface area contributed by atoms with Gasteiger partial charge in [0.25, 0.3) is 5.91 Å². The molecule has 0 N–H and O–H groups in total. The van der Waals surface area contributed by atoms with Gasteiger partial charge in [-0.3, -0.25) is 4.79 Å². The van der Waals surface area contributed by atoms with Crippen LogP contribution in [0, 0.1) is 5.41 Å². The summed E-state index contributed by atoms with van der Waals surface area (Å²) in [5.41, 5.74) is 3.70. The van der Waals surface area contributed by atoms with Crippen LogP contribution in [0.15, 0.2) is 54.6 Å². The van der Waals surface area contributed by atoms with Crippen LogP contribution < -0.4 is 0 Å². The zero-order chi connectivity index (χ0) is 18.0. The first kappa shape index (κ1) is 17.3. The maximum atomic E-state index is 13.3. The van der Waals surface area contributed by atoms with Crippen molar-refractivity contribution in [1.82, 2.24) is 9.80 Å². The molecule has 0 bridgehead atoms. The number of likely N-dealkylation sites (tertiary alicyclic amines) is 1. The predicted molar refractivity (Wildman–Crippen MR) is 105 cm³/mol. The van der Waals surface area contributed by atoms with Gasteiger partial charge < -0.3 is 9.80 Å². The van der Waals surface area contributed by atoms with Crippen molar-refractivity contribution in [3.05, 3.63) is 71.3 Å². The number of rotatable bonds is 2. The predicted octanol–water partition coefficient (Wildman–Crippen LogP) is 3.99. The zero-order valence-corrected chi connectivity index (χ0v) is 15.7. The molecule has 1 atom stereocenters. The Bertz CT molecular complexity index is 773. The Hall–Kier alpha value is -2.13. The van der Waals surface area contributed by atoms with Gasteiger partial charge in [-0.1, -0.05) is 49.4 Å². The Morgan fingerprint density at radius 1 is 1.00 bits per heavy atom. The fourth-order valence-electron chi connectivity index (χ4n) is 4.77. The van der Waals surface area contributed by atoms with E-state index in [0.29, 0.717) is 0 Å². The molecule has 26 heavy (non-hydrogen) atoms. The molecular formula is C23H28N2O. The number of carbonyl (C=O) groups is 1. The van der Waals surface area contributed by atoms with Crippen molar-refractivity contribution < 1.29 is 4.79 Å². The third-order valence-electron chi connectivity index (χ3n) is 6.07. The van der Waals surface area contributed by atoms with Gasteiger partial charge in [0.2, 0.25) is 0 Å². The maximum Gasteiger partial charge on any atom is 0.254 e. The van der Waals surface area contributed by atoms with Crippen LogP contribution in [0.3, 0.4) is 0 Å². The highest BCUT2D eigenvalue weighted by atomic mass is 16.2. The van der Waals surface area contributed by atoms with E-state index in [-0.39, 0.29) is 11.3 Å². The first-order chi connectivity index (χ1) is 12.7. The number of fused-ring (bicyclic) bond motifs is 1. The normalized spacial score (nSPS) is 23.5. The lowest BCUT2D eigenvalue weighted by Crippen LogP contribution is -2.50. The van der Waals surface area contributed by atoms with Crippen LogP contribution in [0.5, 0.6) is 0 Å². The highest BCUT2D eigenvalue weighted by Crippen LogP contribution is 2.38. The lowest BCUT2D eigenvalue weighted by atomic mass is 9.75. The van der Waals surface area contributed by atoms with Crippen LogP contribution in [-0.4, -0.2) is 41.9 Å². The molecule has 1 spiro atoms. The molecule has 2 aromatic carbocycles. The van der Waals surface area contributed by atoms with Gasteiger partial charge in [-0.05, 0) is 55.6 Å². The van der Waals surface area contributed by atoms with Gasteiger partial charge in [-0.25, -0.2) is 0 Å². The number of piperidine rings is 1. The van der Waals surface area contributed by atoms with Gasteiger partial charge >= 0.3 is 0 Å². The van der Waals surface area contributed by atoms with E-state index in [1.807, 2.05) is 30.3 Å². The molecule has 2 aliphatic rings. The van der Waals surface area contributed by atoms with Crippen molar-refractivity contribution in [2.45, 2.75) is 32.7 Å². The summed E-state index contributed by atoms with van der Waals surface area (Å²) in [6.45, 7) is 7.19. The molecule has 0 aliphatic carbocycles. The van der Waals surface area contributed by atoms with E-state index in [1.54, 1.807) is 0 Å². The van der Waals surface area contributed by atoms with Gasteiger partial charge in [-0.2, -0.15) is 0 Å². The molecule has 0 radical (unpaired) electrons. The van der Waals surface area contributed by atoms with Crippen molar-refractivity contribution in [3.8, 4) is 0 Å². The van der Waals surface area contributed by atoms with Gasteiger partial charge in [0.15, 0.2) is 0 Å². The Kier molecular flexibility index (Phi) is 4.82. The smallest absolute Gasteiger partial charge is 0.254 e. The third-order valence-corrected chi connectivity index (χ3v) is 6.07. The lowest BCUT2D eigenvalue weighted by molar-refractivity contribution is 0.0422. The van der Waals surface area contributed by atoms with Crippen LogP contribution in [-0.2, 0) is 13.0 Å². The molecule has 3 nitrogen and oxygen atoms in total. The second-order valence-electron chi connectivity index (χ2n) is 7.95. The Labute approximate surface area is 156 Å². The zero-order valence-electron chi connectivity index (χ0n) is 15.7. The molecule has 2 aliphatic heterocycles. The first-order valence-corrected chi connectivity index (χ1v) is 9.83. The molecule has 2 aromatic rings. The van der Waals surface area contributed by atoms with E-state index in [9.17, 15) is 4.79 Å². The molecule has 1 fully saturated rings. The number of hydrogen-bond donors (Lipinski definition) is 0. The van der Waals surface area contributed by atoms with E-state index >= 15 is 0 Å². The van der Waals surface area contributed by atoms with Crippen molar-refractivity contribution in [2.24, 2.45) is 5.41 Å². The summed E-state index contributed by atoms with van der Waals surface area (Å²) in [4.78, 5) is 17.9. The second-order valence-corrected chi connectivity index (χ2v) is 7.95. The van der Waals surface area contributed by atoms with E-state index < -0.39 is 0 Å². The number of amides is 1. The highest BCUT2D eigenvalue weighted by molar-refractivity contribution is 5.94. The van der Waals surface area contributed by atoms with Crippen LogP contribution in [0.25, 0.3) is 0 Å². The molecule has 136 valence electrons. The third kappa shape index (κ3) is 3.41. The summed E-state index contributed by atoms with van der Waals surface area (Å²) in [7, 11) is 0. The largest absolute Gasteiger partial charge is 0.334 e. The van der Waals surface area contributed by atoms with Crippen molar-refractivity contribution in [3.63, 3.8) is 0 Å². The standard InChI is InChI=1S/C23H28N2O/c1-2-24-14-8-13-23(17-24)15-20-11-6-7-12-21(20)16-25(18-23)22(26)19-9-4-3-5-10-19/h3-7,9-12H,2,8,13-18H2,1H3.